The molecule has 140 valence electrons. The molecule has 0 fully saturated rings. The van der Waals surface area contributed by atoms with E-state index in [4.69, 9.17) is 0 Å². The van der Waals surface area contributed by atoms with Gasteiger partial charge in [-0.25, -0.2) is 0 Å². The molecule has 29 heavy (non-hydrogen) atoms. The zero-order valence-electron chi connectivity index (χ0n) is 16.6. The fourth-order valence-corrected chi connectivity index (χ4v) is 4.70. The third-order valence-electron chi connectivity index (χ3n) is 6.12. The second kappa shape index (κ2) is 6.56. The van der Waals surface area contributed by atoms with Crippen LogP contribution in [0.2, 0.25) is 0 Å². The van der Waals surface area contributed by atoms with Gasteiger partial charge in [0.15, 0.2) is 5.78 Å². The number of hydrogen-bond donors (Lipinski definition) is 0. The maximum Gasteiger partial charge on any atom is 0.193 e. The topological polar surface area (TPSA) is 17.1 Å². The Morgan fingerprint density at radius 1 is 0.517 bits per heavy atom. The first-order valence-corrected chi connectivity index (χ1v) is 10.0. The Bertz CT molecular complexity index is 1120. The van der Waals surface area contributed by atoms with Crippen LogP contribution in [0.15, 0.2) is 97.1 Å². The van der Waals surface area contributed by atoms with Crippen molar-refractivity contribution in [3.8, 4) is 0 Å². The monoisotopic (exact) mass is 374 g/mol. The first-order valence-electron chi connectivity index (χ1n) is 10.0. The van der Waals surface area contributed by atoms with Gasteiger partial charge in [-0.05, 0) is 36.1 Å². The van der Waals surface area contributed by atoms with Crippen molar-refractivity contribution in [3.63, 3.8) is 0 Å². The highest BCUT2D eigenvalue weighted by Gasteiger charge is 2.45. The second-order valence-corrected chi connectivity index (χ2v) is 7.90. The zero-order valence-corrected chi connectivity index (χ0v) is 16.6. The first-order chi connectivity index (χ1) is 14.1. The van der Waals surface area contributed by atoms with Crippen LogP contribution in [0.5, 0.6) is 0 Å². The number of ketones is 1. The fourth-order valence-electron chi connectivity index (χ4n) is 4.70. The number of aryl methyl sites for hydroxylation is 2. The Morgan fingerprint density at radius 3 is 1.31 bits per heavy atom. The van der Waals surface area contributed by atoms with Gasteiger partial charge < -0.3 is 0 Å². The summed E-state index contributed by atoms with van der Waals surface area (Å²) in [5.41, 5.74) is 7.96. The molecule has 4 aromatic carbocycles. The Kier molecular flexibility index (Phi) is 3.99. The summed E-state index contributed by atoms with van der Waals surface area (Å²) in [5.74, 6) is 0.103. The standard InChI is InChI=1S/C28H22O/c1-19-11-15-21(16-12-19)28(22-17-13-20(2)14-18-22)25-9-5-3-7-23(25)27(29)24-8-4-6-10-26(24)28/h3-18H,1-2H3. The maximum absolute atomic E-state index is 13.4. The van der Waals surface area contributed by atoms with Gasteiger partial charge in [0.25, 0.3) is 0 Å². The molecule has 5 rings (SSSR count). The molecule has 1 nitrogen and oxygen atoms in total. The van der Waals surface area contributed by atoms with Crippen molar-refractivity contribution in [2.24, 2.45) is 0 Å². The van der Waals surface area contributed by atoms with E-state index in [0.717, 1.165) is 22.3 Å². The Labute approximate surface area is 171 Å². The van der Waals surface area contributed by atoms with Crippen LogP contribution in [0.3, 0.4) is 0 Å². The van der Waals surface area contributed by atoms with Crippen molar-refractivity contribution in [3.05, 3.63) is 142 Å². The van der Waals surface area contributed by atoms with Crippen LogP contribution in [0.25, 0.3) is 0 Å². The minimum Gasteiger partial charge on any atom is -0.289 e. The van der Waals surface area contributed by atoms with Gasteiger partial charge >= 0.3 is 0 Å². The molecule has 0 N–H and O–H groups in total. The predicted molar refractivity (Wildman–Crippen MR) is 118 cm³/mol. The van der Waals surface area contributed by atoms with Crippen LogP contribution in [0, 0.1) is 13.8 Å². The summed E-state index contributed by atoms with van der Waals surface area (Å²) in [4.78, 5) is 13.4. The summed E-state index contributed by atoms with van der Waals surface area (Å²) < 4.78 is 0. The van der Waals surface area contributed by atoms with Gasteiger partial charge in [0.05, 0.1) is 5.41 Å². The van der Waals surface area contributed by atoms with Crippen molar-refractivity contribution in [1.29, 1.82) is 0 Å². The second-order valence-electron chi connectivity index (χ2n) is 7.90. The van der Waals surface area contributed by atoms with E-state index in [2.05, 4.69) is 74.5 Å². The molecule has 0 radical (unpaired) electrons. The highest BCUT2D eigenvalue weighted by Crippen LogP contribution is 2.50. The maximum atomic E-state index is 13.4. The lowest BCUT2D eigenvalue weighted by atomic mass is 9.59. The Hall–Kier alpha value is -3.45. The number of fused-ring (bicyclic) bond motifs is 2. The smallest absolute Gasteiger partial charge is 0.193 e. The van der Waals surface area contributed by atoms with E-state index in [-0.39, 0.29) is 5.78 Å². The van der Waals surface area contributed by atoms with Crippen LogP contribution in [0.4, 0.5) is 0 Å². The summed E-state index contributed by atoms with van der Waals surface area (Å²) in [5, 5.41) is 0. The Morgan fingerprint density at radius 2 is 0.897 bits per heavy atom. The van der Waals surface area contributed by atoms with Crippen LogP contribution >= 0.6 is 0 Å². The van der Waals surface area contributed by atoms with Crippen LogP contribution < -0.4 is 0 Å². The van der Waals surface area contributed by atoms with Gasteiger partial charge in [-0.15, -0.1) is 0 Å². The van der Waals surface area contributed by atoms with Crippen molar-refractivity contribution >= 4 is 5.78 Å². The molecule has 0 heterocycles. The molecule has 0 atom stereocenters. The lowest BCUT2D eigenvalue weighted by Gasteiger charge is -2.41. The molecule has 0 aromatic heterocycles. The van der Waals surface area contributed by atoms with Gasteiger partial charge in [0.1, 0.15) is 0 Å². The Balaban J connectivity index is 1.98. The molecule has 0 bridgehead atoms. The number of carbonyl (C=O) groups is 1. The van der Waals surface area contributed by atoms with E-state index in [1.807, 2.05) is 36.4 Å². The first kappa shape index (κ1) is 17.6. The zero-order chi connectivity index (χ0) is 20.0. The van der Waals surface area contributed by atoms with Gasteiger partial charge in [0, 0.05) is 11.1 Å². The van der Waals surface area contributed by atoms with Crippen LogP contribution in [0.1, 0.15) is 49.3 Å². The molecular weight excluding hydrogens is 352 g/mol. The van der Waals surface area contributed by atoms with Gasteiger partial charge in [-0.2, -0.15) is 0 Å². The molecule has 4 aromatic rings. The molecule has 0 unspecified atom stereocenters. The highest BCUT2D eigenvalue weighted by molar-refractivity contribution is 6.14. The number of carbonyl (C=O) groups excluding carboxylic acids is 1. The largest absolute Gasteiger partial charge is 0.289 e. The molecule has 1 aliphatic rings. The average molecular weight is 374 g/mol. The van der Waals surface area contributed by atoms with Crippen molar-refractivity contribution in [2.75, 3.05) is 0 Å². The van der Waals surface area contributed by atoms with Gasteiger partial charge in [0.2, 0.25) is 0 Å². The van der Waals surface area contributed by atoms with E-state index in [9.17, 15) is 4.79 Å². The lowest BCUT2D eigenvalue weighted by Crippen LogP contribution is -2.38. The molecule has 1 heteroatoms. The van der Waals surface area contributed by atoms with E-state index in [1.54, 1.807) is 0 Å². The lowest BCUT2D eigenvalue weighted by molar-refractivity contribution is 0.103. The normalized spacial score (nSPS) is 14.2. The molecule has 0 spiro atoms. The van der Waals surface area contributed by atoms with E-state index in [1.165, 1.54) is 22.3 Å². The summed E-state index contributed by atoms with van der Waals surface area (Å²) in [7, 11) is 0. The molecule has 1 aliphatic carbocycles. The summed E-state index contributed by atoms with van der Waals surface area (Å²) >= 11 is 0. The van der Waals surface area contributed by atoms with Crippen LogP contribution in [-0.2, 0) is 5.41 Å². The predicted octanol–water partition coefficient (Wildman–Crippen LogP) is 6.23. The van der Waals surface area contributed by atoms with E-state index in [0.29, 0.717) is 0 Å². The van der Waals surface area contributed by atoms with Crippen molar-refractivity contribution < 1.29 is 4.79 Å². The van der Waals surface area contributed by atoms with E-state index >= 15 is 0 Å². The fraction of sp³-hybridized carbons (Fsp3) is 0.107. The third-order valence-corrected chi connectivity index (χ3v) is 6.12. The molecule has 0 amide bonds. The molecule has 0 aliphatic heterocycles. The number of rotatable bonds is 2. The average Bonchev–Trinajstić information content (AvgIpc) is 2.76. The third kappa shape index (κ3) is 2.51. The van der Waals surface area contributed by atoms with Gasteiger partial charge in [-0.3, -0.25) is 4.79 Å². The SMILES string of the molecule is Cc1ccc(C2(c3ccc(C)cc3)c3ccccc3C(=O)c3ccccc32)cc1. The molecule has 0 saturated heterocycles. The summed E-state index contributed by atoms with van der Waals surface area (Å²) in [6, 6.07) is 33.6. The quantitative estimate of drug-likeness (QED) is 0.358. The van der Waals surface area contributed by atoms with Gasteiger partial charge in [-0.1, -0.05) is 108 Å². The summed E-state index contributed by atoms with van der Waals surface area (Å²) in [6.45, 7) is 4.21. The van der Waals surface area contributed by atoms with E-state index < -0.39 is 5.41 Å². The van der Waals surface area contributed by atoms with Crippen LogP contribution in [-0.4, -0.2) is 5.78 Å². The number of benzene rings is 4. The summed E-state index contributed by atoms with van der Waals surface area (Å²) in [6.07, 6.45) is 0. The highest BCUT2D eigenvalue weighted by atomic mass is 16.1. The molecule has 0 saturated carbocycles. The minimum atomic E-state index is -0.525. The van der Waals surface area contributed by atoms with Crippen molar-refractivity contribution in [1.82, 2.24) is 0 Å². The van der Waals surface area contributed by atoms with Crippen molar-refractivity contribution in [2.45, 2.75) is 19.3 Å². The number of hydrogen-bond acceptors (Lipinski definition) is 1. The minimum absolute atomic E-state index is 0.103. The molecular formula is C28H22O.